The molecular formula is C21H23NO5S. The fourth-order valence-electron chi connectivity index (χ4n) is 3.55. The third kappa shape index (κ3) is 4.22. The summed E-state index contributed by atoms with van der Waals surface area (Å²) in [5.41, 5.74) is 1.85. The molecule has 0 spiro atoms. The Bertz CT molecular complexity index is 1030. The summed E-state index contributed by atoms with van der Waals surface area (Å²) in [7, 11) is -2.92. The maximum absolute atomic E-state index is 11.5. The average Bonchev–Trinajstić information content (AvgIpc) is 3.22. The van der Waals surface area contributed by atoms with E-state index in [0.29, 0.717) is 25.4 Å². The van der Waals surface area contributed by atoms with Crippen molar-refractivity contribution >= 4 is 20.6 Å². The molecule has 2 aromatic carbocycles. The topological polar surface area (TPSA) is 80.0 Å². The largest absolute Gasteiger partial charge is 0.490 e. The summed E-state index contributed by atoms with van der Waals surface area (Å²) in [6.07, 6.45) is 2.60. The Morgan fingerprint density at radius 1 is 1.11 bits per heavy atom. The van der Waals surface area contributed by atoms with E-state index >= 15 is 0 Å². The Kier molecular flexibility index (Phi) is 5.39. The van der Waals surface area contributed by atoms with Crippen LogP contribution in [-0.2, 0) is 9.84 Å². The van der Waals surface area contributed by atoms with Crippen LogP contribution in [0.25, 0.3) is 21.9 Å². The maximum Gasteiger partial charge on any atom is 0.152 e. The molecule has 1 unspecified atom stereocenters. The van der Waals surface area contributed by atoms with Crippen molar-refractivity contribution in [1.82, 2.24) is 4.90 Å². The van der Waals surface area contributed by atoms with E-state index in [2.05, 4.69) is 0 Å². The zero-order valence-electron chi connectivity index (χ0n) is 15.5. The van der Waals surface area contributed by atoms with Crippen molar-refractivity contribution in [2.45, 2.75) is 6.10 Å². The summed E-state index contributed by atoms with van der Waals surface area (Å²) < 4.78 is 34.3. The Morgan fingerprint density at radius 3 is 2.64 bits per heavy atom. The highest BCUT2D eigenvalue weighted by molar-refractivity contribution is 7.91. The smallest absolute Gasteiger partial charge is 0.152 e. The summed E-state index contributed by atoms with van der Waals surface area (Å²) in [5.74, 6) is 0.978. The highest BCUT2D eigenvalue weighted by Gasteiger charge is 2.23. The molecule has 0 saturated carbocycles. The van der Waals surface area contributed by atoms with Gasteiger partial charge in [0.2, 0.25) is 0 Å². The average molecular weight is 401 g/mol. The molecule has 0 bridgehead atoms. The minimum Gasteiger partial charge on any atom is -0.490 e. The molecule has 1 aromatic heterocycles. The summed E-state index contributed by atoms with van der Waals surface area (Å²) in [5, 5.41) is 12.5. The molecule has 0 amide bonds. The van der Waals surface area contributed by atoms with Crippen molar-refractivity contribution in [2.24, 2.45) is 0 Å². The molecule has 0 aliphatic carbocycles. The van der Waals surface area contributed by atoms with Gasteiger partial charge in [-0.05, 0) is 22.9 Å². The lowest BCUT2D eigenvalue weighted by molar-refractivity contribution is 0.0712. The molecule has 28 heavy (non-hydrogen) atoms. The lowest BCUT2D eigenvalue weighted by Gasteiger charge is -2.28. The number of nitrogens with zero attached hydrogens (tertiary/aromatic N) is 1. The second-order valence-corrected chi connectivity index (χ2v) is 9.39. The SMILES string of the molecule is O=S1(=O)CCN(CC(O)COc2ccc3ccccc3c2-c2ccoc2)CC1. The number of benzene rings is 2. The zero-order chi connectivity index (χ0) is 19.6. The van der Waals surface area contributed by atoms with E-state index in [-0.39, 0.29) is 18.1 Å². The first-order valence-electron chi connectivity index (χ1n) is 9.30. The molecule has 4 rings (SSSR count). The van der Waals surface area contributed by atoms with Gasteiger partial charge in [0.05, 0.1) is 24.0 Å². The number of rotatable bonds is 6. The van der Waals surface area contributed by atoms with Crippen molar-refractivity contribution in [2.75, 3.05) is 37.7 Å². The van der Waals surface area contributed by atoms with E-state index in [1.54, 1.807) is 12.5 Å². The van der Waals surface area contributed by atoms with E-state index in [1.165, 1.54) is 0 Å². The van der Waals surface area contributed by atoms with E-state index < -0.39 is 15.9 Å². The molecule has 1 fully saturated rings. The second kappa shape index (κ2) is 7.95. The van der Waals surface area contributed by atoms with Crippen LogP contribution in [0.1, 0.15) is 0 Å². The molecule has 2 heterocycles. The van der Waals surface area contributed by atoms with Crippen molar-refractivity contribution in [3.63, 3.8) is 0 Å². The van der Waals surface area contributed by atoms with Crippen LogP contribution in [0.3, 0.4) is 0 Å². The molecule has 1 aliphatic rings. The number of sulfone groups is 1. The lowest BCUT2D eigenvalue weighted by atomic mass is 9.99. The van der Waals surface area contributed by atoms with Gasteiger partial charge in [0.1, 0.15) is 18.5 Å². The molecule has 6 nitrogen and oxygen atoms in total. The minimum absolute atomic E-state index is 0.131. The fourth-order valence-corrected chi connectivity index (χ4v) is 4.82. The van der Waals surface area contributed by atoms with Crippen LogP contribution in [0.2, 0.25) is 0 Å². The summed E-state index contributed by atoms with van der Waals surface area (Å²) in [6.45, 7) is 1.43. The number of aliphatic hydroxyl groups is 1. The number of hydrogen-bond donors (Lipinski definition) is 1. The van der Waals surface area contributed by atoms with Crippen LogP contribution in [0.5, 0.6) is 5.75 Å². The monoisotopic (exact) mass is 401 g/mol. The third-order valence-electron chi connectivity index (χ3n) is 5.04. The molecule has 3 aromatic rings. The standard InChI is InChI=1S/C21H23NO5S/c23-18(13-22-8-11-28(24,25)12-9-22)15-27-20-6-5-16-3-1-2-4-19(16)21(20)17-7-10-26-14-17/h1-7,10,14,18,23H,8-9,11-13,15H2. The molecule has 1 atom stereocenters. The van der Waals surface area contributed by atoms with Gasteiger partial charge in [-0.2, -0.15) is 0 Å². The first kappa shape index (κ1) is 19.0. The first-order valence-corrected chi connectivity index (χ1v) is 11.1. The number of hydrogen-bond acceptors (Lipinski definition) is 6. The number of ether oxygens (including phenoxy) is 1. The summed E-state index contributed by atoms with van der Waals surface area (Å²) >= 11 is 0. The van der Waals surface area contributed by atoms with Gasteiger partial charge >= 0.3 is 0 Å². The maximum atomic E-state index is 11.5. The molecule has 0 radical (unpaired) electrons. The highest BCUT2D eigenvalue weighted by Crippen LogP contribution is 2.37. The van der Waals surface area contributed by atoms with Crippen molar-refractivity contribution in [1.29, 1.82) is 0 Å². The van der Waals surface area contributed by atoms with Crippen LogP contribution < -0.4 is 4.74 Å². The Balaban J connectivity index is 1.48. The van der Waals surface area contributed by atoms with Crippen LogP contribution >= 0.6 is 0 Å². The molecule has 1 aliphatic heterocycles. The van der Waals surface area contributed by atoms with Crippen molar-refractivity contribution < 1.29 is 22.7 Å². The normalized spacial score (nSPS) is 18.2. The summed E-state index contributed by atoms with van der Waals surface area (Å²) in [6, 6.07) is 13.8. The van der Waals surface area contributed by atoms with E-state index in [0.717, 1.165) is 21.9 Å². The summed E-state index contributed by atoms with van der Waals surface area (Å²) in [4.78, 5) is 1.96. The van der Waals surface area contributed by atoms with Gasteiger partial charge in [-0.15, -0.1) is 0 Å². The van der Waals surface area contributed by atoms with Gasteiger partial charge in [0, 0.05) is 30.8 Å². The van der Waals surface area contributed by atoms with E-state index in [9.17, 15) is 13.5 Å². The Hall–Kier alpha value is -2.35. The van der Waals surface area contributed by atoms with Crippen LogP contribution in [0.4, 0.5) is 0 Å². The molecule has 148 valence electrons. The molecule has 7 heteroatoms. The number of β-amino-alcohol motifs (C(OH)–C–C–N with tert-alkyl or cyclic N) is 1. The third-order valence-corrected chi connectivity index (χ3v) is 6.65. The second-order valence-electron chi connectivity index (χ2n) is 7.09. The number of aliphatic hydroxyl groups excluding tert-OH is 1. The van der Waals surface area contributed by atoms with Gasteiger partial charge < -0.3 is 14.3 Å². The predicted octanol–water partition coefficient (Wildman–Crippen LogP) is 2.57. The van der Waals surface area contributed by atoms with Crippen molar-refractivity contribution in [3.8, 4) is 16.9 Å². The van der Waals surface area contributed by atoms with E-state index in [1.807, 2.05) is 47.4 Å². The fraction of sp³-hybridized carbons (Fsp3) is 0.333. The van der Waals surface area contributed by atoms with Crippen molar-refractivity contribution in [3.05, 3.63) is 55.0 Å². The highest BCUT2D eigenvalue weighted by atomic mass is 32.2. The van der Waals surface area contributed by atoms with E-state index in [4.69, 9.17) is 9.15 Å². The lowest BCUT2D eigenvalue weighted by Crippen LogP contribution is -2.44. The van der Waals surface area contributed by atoms with Gasteiger partial charge in [-0.3, -0.25) is 4.90 Å². The van der Waals surface area contributed by atoms with Crippen LogP contribution in [-0.4, -0.2) is 62.3 Å². The van der Waals surface area contributed by atoms with Gasteiger partial charge in [-0.25, -0.2) is 8.42 Å². The first-order chi connectivity index (χ1) is 13.5. The minimum atomic E-state index is -2.92. The molecule has 1 N–H and O–H groups in total. The van der Waals surface area contributed by atoms with Gasteiger partial charge in [0.25, 0.3) is 0 Å². The van der Waals surface area contributed by atoms with Gasteiger partial charge in [-0.1, -0.05) is 30.3 Å². The van der Waals surface area contributed by atoms with Gasteiger partial charge in [0.15, 0.2) is 9.84 Å². The number of fused-ring (bicyclic) bond motifs is 1. The Labute approximate surface area is 164 Å². The van der Waals surface area contributed by atoms with Crippen LogP contribution in [0.15, 0.2) is 59.4 Å². The Morgan fingerprint density at radius 2 is 1.89 bits per heavy atom. The number of furan rings is 1. The predicted molar refractivity (Wildman–Crippen MR) is 108 cm³/mol. The molecular weight excluding hydrogens is 378 g/mol. The zero-order valence-corrected chi connectivity index (χ0v) is 16.3. The quantitative estimate of drug-likeness (QED) is 0.684. The van der Waals surface area contributed by atoms with Crippen LogP contribution in [0, 0.1) is 0 Å². The molecule has 1 saturated heterocycles.